The molecule has 0 bridgehead atoms. The summed E-state index contributed by atoms with van der Waals surface area (Å²) >= 11 is 1.74. The van der Waals surface area contributed by atoms with Crippen LogP contribution < -0.4 is 5.32 Å². The Bertz CT molecular complexity index is 560. The van der Waals surface area contributed by atoms with Crippen LogP contribution in [0.3, 0.4) is 0 Å². The number of ketones is 1. The van der Waals surface area contributed by atoms with Gasteiger partial charge in [0.25, 0.3) is 0 Å². The summed E-state index contributed by atoms with van der Waals surface area (Å²) in [6, 6.07) is 7.73. The van der Waals surface area contributed by atoms with Gasteiger partial charge in [0.15, 0.2) is 5.78 Å². The van der Waals surface area contributed by atoms with Crippen molar-refractivity contribution in [3.63, 3.8) is 0 Å². The zero-order valence-corrected chi connectivity index (χ0v) is 12.3. The van der Waals surface area contributed by atoms with Crippen LogP contribution in [0.1, 0.15) is 47.1 Å². The molecule has 0 aliphatic carbocycles. The van der Waals surface area contributed by atoms with E-state index < -0.39 is 0 Å². The van der Waals surface area contributed by atoms with Crippen LogP contribution in [-0.4, -0.2) is 10.8 Å². The average molecular weight is 274 g/mol. The lowest BCUT2D eigenvalue weighted by molar-refractivity contribution is 0.101. The first-order chi connectivity index (χ1) is 9.10. The summed E-state index contributed by atoms with van der Waals surface area (Å²) in [7, 11) is 0. The third kappa shape index (κ3) is 3.41. The van der Waals surface area contributed by atoms with Gasteiger partial charge < -0.3 is 5.32 Å². The summed E-state index contributed by atoms with van der Waals surface area (Å²) < 4.78 is 0. The van der Waals surface area contributed by atoms with Gasteiger partial charge in [0, 0.05) is 22.3 Å². The SMILES string of the molecule is CCc1cnc(C(C)Nc2ccc(C(C)=O)cc2)s1. The smallest absolute Gasteiger partial charge is 0.159 e. The lowest BCUT2D eigenvalue weighted by Gasteiger charge is -2.12. The van der Waals surface area contributed by atoms with Crippen molar-refractivity contribution in [3.8, 4) is 0 Å². The minimum atomic E-state index is 0.0899. The average Bonchev–Trinajstić information content (AvgIpc) is 2.88. The van der Waals surface area contributed by atoms with Gasteiger partial charge in [-0.1, -0.05) is 6.92 Å². The fourth-order valence-corrected chi connectivity index (χ4v) is 2.66. The molecule has 4 heteroatoms. The van der Waals surface area contributed by atoms with Crippen LogP contribution in [0.4, 0.5) is 5.69 Å². The summed E-state index contributed by atoms with van der Waals surface area (Å²) in [5.74, 6) is 0.0899. The van der Waals surface area contributed by atoms with Crippen LogP contribution in [0.2, 0.25) is 0 Å². The summed E-state index contributed by atoms with van der Waals surface area (Å²) in [5.41, 5.74) is 1.74. The molecule has 1 heterocycles. The van der Waals surface area contributed by atoms with E-state index >= 15 is 0 Å². The third-order valence-electron chi connectivity index (χ3n) is 2.96. The number of thiazole rings is 1. The van der Waals surface area contributed by atoms with Crippen molar-refractivity contribution in [1.82, 2.24) is 4.98 Å². The molecule has 0 spiro atoms. The molecule has 0 saturated carbocycles. The number of aromatic nitrogens is 1. The quantitative estimate of drug-likeness (QED) is 0.835. The number of rotatable bonds is 5. The molecule has 0 aliphatic heterocycles. The molecule has 0 radical (unpaired) electrons. The number of hydrogen-bond acceptors (Lipinski definition) is 4. The van der Waals surface area contributed by atoms with Gasteiger partial charge in [-0.2, -0.15) is 0 Å². The monoisotopic (exact) mass is 274 g/mol. The molecule has 1 aromatic carbocycles. The van der Waals surface area contributed by atoms with E-state index in [9.17, 15) is 4.79 Å². The van der Waals surface area contributed by atoms with Crippen molar-refractivity contribution in [2.45, 2.75) is 33.2 Å². The number of Topliss-reactive ketones (excluding diaryl/α,β-unsaturated/α-hetero) is 1. The lowest BCUT2D eigenvalue weighted by atomic mass is 10.1. The Morgan fingerprint density at radius 2 is 2.05 bits per heavy atom. The van der Waals surface area contributed by atoms with Gasteiger partial charge in [-0.15, -0.1) is 11.3 Å². The van der Waals surface area contributed by atoms with Crippen LogP contribution in [0.15, 0.2) is 30.5 Å². The summed E-state index contributed by atoms with van der Waals surface area (Å²) in [5, 5.41) is 4.49. The Morgan fingerprint density at radius 1 is 1.37 bits per heavy atom. The Morgan fingerprint density at radius 3 is 2.58 bits per heavy atom. The van der Waals surface area contributed by atoms with Gasteiger partial charge in [0.2, 0.25) is 0 Å². The molecule has 2 rings (SSSR count). The minimum Gasteiger partial charge on any atom is -0.376 e. The van der Waals surface area contributed by atoms with Gasteiger partial charge in [-0.05, 0) is 44.5 Å². The maximum Gasteiger partial charge on any atom is 0.159 e. The van der Waals surface area contributed by atoms with Gasteiger partial charge >= 0.3 is 0 Å². The summed E-state index contributed by atoms with van der Waals surface area (Å²) in [6.07, 6.45) is 2.97. The number of nitrogens with one attached hydrogen (secondary N) is 1. The van der Waals surface area contributed by atoms with Gasteiger partial charge in [0.1, 0.15) is 5.01 Å². The molecule has 0 fully saturated rings. The van der Waals surface area contributed by atoms with E-state index in [2.05, 4.69) is 24.1 Å². The largest absolute Gasteiger partial charge is 0.376 e. The molecular weight excluding hydrogens is 256 g/mol. The number of hydrogen-bond donors (Lipinski definition) is 1. The Hall–Kier alpha value is -1.68. The molecule has 0 aliphatic rings. The van der Waals surface area contributed by atoms with Crippen LogP contribution in [0, 0.1) is 0 Å². The van der Waals surface area contributed by atoms with E-state index in [1.54, 1.807) is 18.3 Å². The molecule has 0 saturated heterocycles. The van der Waals surface area contributed by atoms with E-state index in [4.69, 9.17) is 0 Å². The highest BCUT2D eigenvalue weighted by Crippen LogP contribution is 2.24. The number of carbonyl (C=O) groups excluding carboxylic acids is 1. The van der Waals surface area contributed by atoms with E-state index in [1.165, 1.54) is 4.88 Å². The van der Waals surface area contributed by atoms with Crippen LogP contribution in [-0.2, 0) is 6.42 Å². The molecule has 1 aromatic heterocycles. The van der Waals surface area contributed by atoms with Crippen molar-refractivity contribution in [2.75, 3.05) is 5.32 Å². The molecule has 19 heavy (non-hydrogen) atoms. The van der Waals surface area contributed by atoms with E-state index in [1.807, 2.05) is 30.5 Å². The highest BCUT2D eigenvalue weighted by atomic mass is 32.1. The van der Waals surface area contributed by atoms with E-state index in [0.717, 1.165) is 22.7 Å². The number of carbonyl (C=O) groups is 1. The second-order valence-electron chi connectivity index (χ2n) is 4.52. The van der Waals surface area contributed by atoms with Crippen molar-refractivity contribution >= 4 is 22.8 Å². The van der Waals surface area contributed by atoms with Crippen molar-refractivity contribution in [3.05, 3.63) is 45.9 Å². The first kappa shape index (κ1) is 13.7. The van der Waals surface area contributed by atoms with Crippen molar-refractivity contribution < 1.29 is 4.79 Å². The highest BCUT2D eigenvalue weighted by Gasteiger charge is 2.10. The third-order valence-corrected chi connectivity index (χ3v) is 4.29. The zero-order valence-electron chi connectivity index (χ0n) is 11.4. The number of nitrogens with zero attached hydrogens (tertiary/aromatic N) is 1. The first-order valence-electron chi connectivity index (χ1n) is 6.42. The summed E-state index contributed by atoms with van der Waals surface area (Å²) in [4.78, 5) is 16.9. The van der Waals surface area contributed by atoms with Crippen molar-refractivity contribution in [2.24, 2.45) is 0 Å². The van der Waals surface area contributed by atoms with Gasteiger partial charge in [-0.25, -0.2) is 4.98 Å². The van der Waals surface area contributed by atoms with E-state index in [-0.39, 0.29) is 11.8 Å². The van der Waals surface area contributed by atoms with Crippen LogP contribution in [0.5, 0.6) is 0 Å². The maximum atomic E-state index is 11.2. The fourth-order valence-electron chi connectivity index (χ4n) is 1.80. The molecular formula is C15H18N2OS. The number of anilines is 1. The molecule has 1 N–H and O–H groups in total. The Labute approximate surface area is 117 Å². The topological polar surface area (TPSA) is 42.0 Å². The molecule has 1 unspecified atom stereocenters. The molecule has 100 valence electrons. The van der Waals surface area contributed by atoms with Crippen LogP contribution in [0.25, 0.3) is 0 Å². The molecule has 3 nitrogen and oxygen atoms in total. The molecule has 0 amide bonds. The first-order valence-corrected chi connectivity index (χ1v) is 7.24. The second-order valence-corrected chi connectivity index (χ2v) is 5.66. The standard InChI is InChI=1S/C15H18N2OS/c1-4-14-9-16-15(19-14)10(2)17-13-7-5-12(6-8-13)11(3)18/h5-10,17H,4H2,1-3H3. The predicted molar refractivity (Wildman–Crippen MR) is 80.0 cm³/mol. The van der Waals surface area contributed by atoms with Gasteiger partial charge in [-0.3, -0.25) is 4.79 Å². The normalized spacial score (nSPS) is 12.2. The number of aryl methyl sites for hydroxylation is 1. The van der Waals surface area contributed by atoms with Crippen molar-refractivity contribution in [1.29, 1.82) is 0 Å². The number of benzene rings is 1. The van der Waals surface area contributed by atoms with E-state index in [0.29, 0.717) is 0 Å². The van der Waals surface area contributed by atoms with Crippen LogP contribution >= 0.6 is 11.3 Å². The predicted octanol–water partition coefficient (Wildman–Crippen LogP) is 4.08. The van der Waals surface area contributed by atoms with Gasteiger partial charge in [0.05, 0.1) is 6.04 Å². The maximum absolute atomic E-state index is 11.2. The molecule has 2 aromatic rings. The minimum absolute atomic E-state index is 0.0899. The second kappa shape index (κ2) is 5.97. The fraction of sp³-hybridized carbons (Fsp3) is 0.333. The summed E-state index contributed by atoms with van der Waals surface area (Å²) in [6.45, 7) is 5.81. The Kier molecular flexibility index (Phi) is 4.32. The highest BCUT2D eigenvalue weighted by molar-refractivity contribution is 7.11. The zero-order chi connectivity index (χ0) is 13.8. The molecule has 1 atom stereocenters. The Balaban J connectivity index is 2.05. The lowest BCUT2D eigenvalue weighted by Crippen LogP contribution is -2.06.